The summed E-state index contributed by atoms with van der Waals surface area (Å²) in [4.78, 5) is 5.08. The first-order valence-corrected chi connectivity index (χ1v) is 7.26. The number of likely N-dealkylation sites (N-methyl/N-ethyl adjacent to an activating group) is 1. The van der Waals surface area contributed by atoms with Crippen LogP contribution in [0.2, 0.25) is 0 Å². The lowest BCUT2D eigenvalue weighted by atomic mass is 9.94. The molecule has 2 atom stereocenters. The van der Waals surface area contributed by atoms with Crippen LogP contribution in [0, 0.1) is 11.8 Å². The summed E-state index contributed by atoms with van der Waals surface area (Å²) in [5.74, 6) is 1.81. The van der Waals surface area contributed by atoms with Gasteiger partial charge in [-0.05, 0) is 64.8 Å². The number of hydrogen-bond acceptors (Lipinski definition) is 3. The molecule has 17 heavy (non-hydrogen) atoms. The van der Waals surface area contributed by atoms with E-state index in [1.165, 1.54) is 52.0 Å². The van der Waals surface area contributed by atoms with Crippen LogP contribution in [0.3, 0.4) is 0 Å². The molecule has 0 aromatic carbocycles. The third-order valence-corrected chi connectivity index (χ3v) is 4.62. The van der Waals surface area contributed by atoms with Gasteiger partial charge >= 0.3 is 0 Å². The summed E-state index contributed by atoms with van der Waals surface area (Å²) < 4.78 is 0. The molecular formula is C14H29N3. The second-order valence-corrected chi connectivity index (χ2v) is 6.25. The fourth-order valence-corrected chi connectivity index (χ4v) is 3.44. The Morgan fingerprint density at radius 1 is 1.18 bits per heavy atom. The van der Waals surface area contributed by atoms with Gasteiger partial charge in [0.1, 0.15) is 0 Å². The zero-order valence-corrected chi connectivity index (χ0v) is 11.8. The van der Waals surface area contributed by atoms with E-state index < -0.39 is 0 Å². The molecule has 2 unspecified atom stereocenters. The molecule has 0 radical (unpaired) electrons. The van der Waals surface area contributed by atoms with Crippen molar-refractivity contribution in [3.05, 3.63) is 0 Å². The minimum absolute atomic E-state index is 0.767. The van der Waals surface area contributed by atoms with Gasteiger partial charge in [-0.1, -0.05) is 6.92 Å². The summed E-state index contributed by atoms with van der Waals surface area (Å²) in [5, 5.41) is 3.45. The highest BCUT2D eigenvalue weighted by Crippen LogP contribution is 2.22. The lowest BCUT2D eigenvalue weighted by molar-refractivity contribution is 0.239. The van der Waals surface area contributed by atoms with E-state index in [-0.39, 0.29) is 0 Å². The summed E-state index contributed by atoms with van der Waals surface area (Å²) in [5.41, 5.74) is 0. The topological polar surface area (TPSA) is 18.5 Å². The molecular weight excluding hydrogens is 210 g/mol. The van der Waals surface area contributed by atoms with Crippen LogP contribution in [0.15, 0.2) is 0 Å². The van der Waals surface area contributed by atoms with Crippen LogP contribution < -0.4 is 5.32 Å². The molecule has 0 amide bonds. The molecule has 2 heterocycles. The molecule has 2 aliphatic rings. The highest BCUT2D eigenvalue weighted by molar-refractivity contribution is 4.86. The molecule has 2 aliphatic heterocycles. The van der Waals surface area contributed by atoms with E-state index in [1.54, 1.807) is 0 Å². The molecule has 1 N–H and O–H groups in total. The van der Waals surface area contributed by atoms with E-state index in [0.29, 0.717) is 0 Å². The quantitative estimate of drug-likeness (QED) is 0.797. The lowest BCUT2D eigenvalue weighted by Gasteiger charge is -2.25. The van der Waals surface area contributed by atoms with E-state index in [9.17, 15) is 0 Å². The largest absolute Gasteiger partial charge is 0.317 e. The van der Waals surface area contributed by atoms with Gasteiger partial charge in [0.2, 0.25) is 0 Å². The first-order valence-electron chi connectivity index (χ1n) is 7.26. The van der Waals surface area contributed by atoms with E-state index >= 15 is 0 Å². The maximum atomic E-state index is 3.45. The lowest BCUT2D eigenvalue weighted by Crippen LogP contribution is -2.35. The highest BCUT2D eigenvalue weighted by Gasteiger charge is 2.30. The predicted molar refractivity (Wildman–Crippen MR) is 73.3 cm³/mol. The van der Waals surface area contributed by atoms with Crippen molar-refractivity contribution in [1.82, 2.24) is 15.1 Å². The van der Waals surface area contributed by atoms with Gasteiger partial charge < -0.3 is 15.1 Å². The Bertz CT molecular complexity index is 224. The van der Waals surface area contributed by atoms with Crippen LogP contribution in [0.25, 0.3) is 0 Å². The highest BCUT2D eigenvalue weighted by atomic mass is 15.2. The molecule has 3 nitrogen and oxygen atoms in total. The van der Waals surface area contributed by atoms with Crippen molar-refractivity contribution in [3.8, 4) is 0 Å². The van der Waals surface area contributed by atoms with Crippen molar-refractivity contribution in [2.75, 3.05) is 46.8 Å². The molecule has 0 saturated carbocycles. The summed E-state index contributed by atoms with van der Waals surface area (Å²) in [6, 6.07) is 0.767. The third-order valence-electron chi connectivity index (χ3n) is 4.62. The Hall–Kier alpha value is -0.120. The van der Waals surface area contributed by atoms with Crippen LogP contribution in [0.5, 0.6) is 0 Å². The Morgan fingerprint density at radius 3 is 2.47 bits per heavy atom. The normalized spacial score (nSPS) is 32.5. The van der Waals surface area contributed by atoms with E-state index in [0.717, 1.165) is 17.9 Å². The van der Waals surface area contributed by atoms with E-state index in [2.05, 4.69) is 36.1 Å². The van der Waals surface area contributed by atoms with Crippen LogP contribution >= 0.6 is 0 Å². The van der Waals surface area contributed by atoms with Crippen LogP contribution in [-0.4, -0.2) is 62.7 Å². The zero-order chi connectivity index (χ0) is 12.3. The minimum Gasteiger partial charge on any atom is -0.317 e. The molecule has 100 valence electrons. The molecule has 0 aromatic heterocycles. The van der Waals surface area contributed by atoms with Gasteiger partial charge in [-0.25, -0.2) is 0 Å². The second-order valence-electron chi connectivity index (χ2n) is 6.25. The summed E-state index contributed by atoms with van der Waals surface area (Å²) in [7, 11) is 4.44. The fourth-order valence-electron chi connectivity index (χ4n) is 3.44. The minimum atomic E-state index is 0.767. The van der Waals surface area contributed by atoms with Crippen LogP contribution in [0.4, 0.5) is 0 Å². The molecule has 0 aromatic rings. The molecule has 0 spiro atoms. The average Bonchev–Trinajstić information content (AvgIpc) is 2.69. The first kappa shape index (κ1) is 13.3. The molecule has 2 saturated heterocycles. The number of nitrogens with zero attached hydrogens (tertiary/aromatic N) is 2. The van der Waals surface area contributed by atoms with E-state index in [4.69, 9.17) is 0 Å². The predicted octanol–water partition coefficient (Wildman–Crippen LogP) is 1.26. The van der Waals surface area contributed by atoms with Crippen molar-refractivity contribution in [2.24, 2.45) is 11.8 Å². The second kappa shape index (κ2) is 6.17. The molecule has 0 aliphatic carbocycles. The zero-order valence-electron chi connectivity index (χ0n) is 11.8. The van der Waals surface area contributed by atoms with Crippen LogP contribution in [-0.2, 0) is 0 Å². The Morgan fingerprint density at radius 2 is 1.88 bits per heavy atom. The number of nitrogens with one attached hydrogen (secondary N) is 1. The maximum Gasteiger partial charge on any atom is 0.0254 e. The Labute approximate surface area is 107 Å². The summed E-state index contributed by atoms with van der Waals surface area (Å²) in [6.07, 6.45) is 4.19. The van der Waals surface area contributed by atoms with Gasteiger partial charge in [0.05, 0.1) is 0 Å². The van der Waals surface area contributed by atoms with Crippen molar-refractivity contribution in [2.45, 2.75) is 32.2 Å². The number of rotatable bonds is 4. The molecule has 0 bridgehead atoms. The smallest absolute Gasteiger partial charge is 0.0254 e. The first-order chi connectivity index (χ1) is 8.16. The van der Waals surface area contributed by atoms with Gasteiger partial charge in [0, 0.05) is 19.1 Å². The summed E-state index contributed by atoms with van der Waals surface area (Å²) in [6.45, 7) is 8.77. The Kier molecular flexibility index (Phi) is 4.83. The van der Waals surface area contributed by atoms with Gasteiger partial charge in [-0.15, -0.1) is 0 Å². The summed E-state index contributed by atoms with van der Waals surface area (Å²) >= 11 is 0. The molecule has 2 rings (SSSR count). The van der Waals surface area contributed by atoms with Crippen molar-refractivity contribution in [1.29, 1.82) is 0 Å². The van der Waals surface area contributed by atoms with Gasteiger partial charge in [0.25, 0.3) is 0 Å². The fraction of sp³-hybridized carbons (Fsp3) is 1.00. The molecule has 2 fully saturated rings. The number of hydrogen-bond donors (Lipinski definition) is 1. The van der Waals surface area contributed by atoms with Gasteiger partial charge in [0.15, 0.2) is 0 Å². The van der Waals surface area contributed by atoms with Crippen LogP contribution in [0.1, 0.15) is 26.2 Å². The van der Waals surface area contributed by atoms with Crippen molar-refractivity contribution in [3.63, 3.8) is 0 Å². The number of piperidine rings is 1. The third kappa shape index (κ3) is 3.67. The van der Waals surface area contributed by atoms with Crippen molar-refractivity contribution < 1.29 is 0 Å². The SMILES string of the molecule is CC1CN(CCC2CCNCC2)CC1N(C)C. The van der Waals surface area contributed by atoms with E-state index in [1.807, 2.05) is 0 Å². The van der Waals surface area contributed by atoms with Gasteiger partial charge in [-0.2, -0.15) is 0 Å². The molecule has 3 heteroatoms. The average molecular weight is 239 g/mol. The standard InChI is InChI=1S/C14H29N3/c1-12-10-17(11-14(12)16(2)3)9-6-13-4-7-15-8-5-13/h12-15H,4-11H2,1-3H3. The number of likely N-dealkylation sites (tertiary alicyclic amines) is 1. The monoisotopic (exact) mass is 239 g/mol. The Balaban J connectivity index is 1.70. The maximum absolute atomic E-state index is 3.45. The van der Waals surface area contributed by atoms with Crippen molar-refractivity contribution >= 4 is 0 Å². The van der Waals surface area contributed by atoms with Gasteiger partial charge in [-0.3, -0.25) is 0 Å².